The fraction of sp³-hybridized carbons (Fsp3) is 0.700. The van der Waals surface area contributed by atoms with Gasteiger partial charge in [0.15, 0.2) is 0 Å². The zero-order valence-corrected chi connectivity index (χ0v) is 10.3. The number of hydrogen-bond donors (Lipinski definition) is 4. The molecule has 7 heteroatoms. The van der Waals surface area contributed by atoms with E-state index in [4.69, 9.17) is 5.11 Å². The molecule has 0 saturated heterocycles. The number of nitrogens with one attached hydrogen (secondary N) is 3. The summed E-state index contributed by atoms with van der Waals surface area (Å²) in [4.78, 5) is 15.5. The average Bonchev–Trinajstić information content (AvgIpc) is 2.74. The van der Waals surface area contributed by atoms with Crippen molar-refractivity contribution >= 4 is 12.0 Å². The van der Waals surface area contributed by atoms with Crippen LogP contribution in [0.1, 0.15) is 32.5 Å². The Bertz CT molecular complexity index is 363. The summed E-state index contributed by atoms with van der Waals surface area (Å²) in [5.41, 5.74) is 0. The lowest BCUT2D eigenvalue weighted by molar-refractivity contribution is 0.227. The molecule has 1 heterocycles. The van der Waals surface area contributed by atoms with E-state index in [2.05, 4.69) is 25.8 Å². The highest BCUT2D eigenvalue weighted by Crippen LogP contribution is 2.09. The number of hydrogen-bond acceptors (Lipinski definition) is 4. The molecule has 7 nitrogen and oxygen atoms in total. The number of H-pyrrole nitrogens is 1. The third-order valence-electron chi connectivity index (χ3n) is 2.20. The zero-order chi connectivity index (χ0) is 12.8. The molecule has 4 N–H and O–H groups in total. The van der Waals surface area contributed by atoms with E-state index in [0.29, 0.717) is 6.54 Å². The molecule has 1 aromatic rings. The van der Waals surface area contributed by atoms with Crippen LogP contribution in [-0.2, 0) is 0 Å². The summed E-state index contributed by atoms with van der Waals surface area (Å²) in [7, 11) is 0. The average molecular weight is 241 g/mol. The Hall–Kier alpha value is -1.63. The van der Waals surface area contributed by atoms with Gasteiger partial charge in [0, 0.05) is 19.1 Å². The second-order valence-electron chi connectivity index (χ2n) is 4.32. The first kappa shape index (κ1) is 13.4. The maximum Gasteiger partial charge on any atom is 0.321 e. The van der Waals surface area contributed by atoms with E-state index in [9.17, 15) is 4.79 Å². The lowest BCUT2D eigenvalue weighted by Gasteiger charge is -2.08. The number of rotatable bonds is 5. The fourth-order valence-corrected chi connectivity index (χ4v) is 1.07. The first-order chi connectivity index (χ1) is 8.02. The predicted molar refractivity (Wildman–Crippen MR) is 63.7 cm³/mol. The van der Waals surface area contributed by atoms with Crippen LogP contribution in [0.5, 0.6) is 0 Å². The van der Waals surface area contributed by atoms with E-state index in [-0.39, 0.29) is 30.4 Å². The quantitative estimate of drug-likeness (QED) is 0.608. The number of carbonyl (C=O) groups excluding carboxylic acids is 1. The molecule has 0 aliphatic rings. The van der Waals surface area contributed by atoms with Gasteiger partial charge < -0.3 is 10.4 Å². The molecule has 0 saturated carbocycles. The number of urea groups is 1. The standard InChI is InChI=1S/C10H19N5O2/c1-6(2)8-12-9(15-14-8)13-10(17)11-4-7(3)5-16/h6-7,16H,4-5H2,1-3H3,(H3,11,12,13,14,15,17). The van der Waals surface area contributed by atoms with Crippen molar-refractivity contribution in [1.29, 1.82) is 0 Å². The summed E-state index contributed by atoms with van der Waals surface area (Å²) in [6.07, 6.45) is 0. The summed E-state index contributed by atoms with van der Waals surface area (Å²) in [5.74, 6) is 1.24. The Morgan fingerprint density at radius 2 is 2.18 bits per heavy atom. The molecule has 0 aliphatic carbocycles. The molecule has 0 spiro atoms. The molecule has 0 bridgehead atoms. The second-order valence-corrected chi connectivity index (χ2v) is 4.32. The van der Waals surface area contributed by atoms with Crippen molar-refractivity contribution in [3.8, 4) is 0 Å². The van der Waals surface area contributed by atoms with Crippen LogP contribution in [0.3, 0.4) is 0 Å². The Morgan fingerprint density at radius 3 is 2.71 bits per heavy atom. The normalized spacial score (nSPS) is 12.5. The monoisotopic (exact) mass is 241 g/mol. The van der Waals surface area contributed by atoms with Crippen molar-refractivity contribution in [3.05, 3.63) is 5.82 Å². The molecule has 1 unspecified atom stereocenters. The summed E-state index contributed by atoms with van der Waals surface area (Å²) in [6, 6.07) is -0.375. The number of aromatic nitrogens is 3. The van der Waals surface area contributed by atoms with Gasteiger partial charge in [-0.2, -0.15) is 4.98 Å². The number of carbonyl (C=O) groups is 1. The van der Waals surface area contributed by atoms with Crippen LogP contribution in [-0.4, -0.2) is 39.5 Å². The molecular weight excluding hydrogens is 222 g/mol. The largest absolute Gasteiger partial charge is 0.396 e. The number of anilines is 1. The Morgan fingerprint density at radius 1 is 1.47 bits per heavy atom. The Balaban J connectivity index is 2.39. The van der Waals surface area contributed by atoms with Gasteiger partial charge in [-0.1, -0.05) is 20.8 Å². The zero-order valence-electron chi connectivity index (χ0n) is 10.3. The SMILES string of the molecule is CC(CO)CNC(=O)Nc1n[nH]c(C(C)C)n1. The van der Waals surface area contributed by atoms with Crippen LogP contribution in [0, 0.1) is 5.92 Å². The fourth-order valence-electron chi connectivity index (χ4n) is 1.07. The van der Waals surface area contributed by atoms with Crippen molar-refractivity contribution in [2.75, 3.05) is 18.5 Å². The molecule has 96 valence electrons. The van der Waals surface area contributed by atoms with Crippen molar-refractivity contribution in [3.63, 3.8) is 0 Å². The minimum atomic E-state index is -0.375. The number of nitrogens with zero attached hydrogens (tertiary/aromatic N) is 2. The van der Waals surface area contributed by atoms with Crippen LogP contribution >= 0.6 is 0 Å². The molecule has 2 amide bonds. The van der Waals surface area contributed by atoms with E-state index in [1.54, 1.807) is 0 Å². The summed E-state index contributed by atoms with van der Waals surface area (Å²) in [6.45, 7) is 6.24. The van der Waals surface area contributed by atoms with Gasteiger partial charge in [0.05, 0.1) is 0 Å². The van der Waals surface area contributed by atoms with Gasteiger partial charge in [-0.25, -0.2) is 4.79 Å². The highest BCUT2D eigenvalue weighted by Gasteiger charge is 2.09. The van der Waals surface area contributed by atoms with Gasteiger partial charge in [-0.3, -0.25) is 10.4 Å². The number of aliphatic hydroxyl groups is 1. The smallest absolute Gasteiger partial charge is 0.321 e. The van der Waals surface area contributed by atoms with Crippen LogP contribution in [0.15, 0.2) is 0 Å². The van der Waals surface area contributed by atoms with E-state index >= 15 is 0 Å². The lowest BCUT2D eigenvalue weighted by atomic mass is 10.2. The third kappa shape index (κ3) is 4.39. The third-order valence-corrected chi connectivity index (χ3v) is 2.20. The summed E-state index contributed by atoms with van der Waals surface area (Å²) in [5, 5.41) is 20.5. The molecular formula is C10H19N5O2. The first-order valence-corrected chi connectivity index (χ1v) is 5.61. The molecule has 0 fully saturated rings. The van der Waals surface area contributed by atoms with Crippen LogP contribution in [0.25, 0.3) is 0 Å². The number of amides is 2. The van der Waals surface area contributed by atoms with Crippen LogP contribution in [0.2, 0.25) is 0 Å². The summed E-state index contributed by atoms with van der Waals surface area (Å²) < 4.78 is 0. The van der Waals surface area contributed by atoms with Gasteiger partial charge in [-0.05, 0) is 5.92 Å². The van der Waals surface area contributed by atoms with Gasteiger partial charge in [0.1, 0.15) is 5.82 Å². The Labute approximate surface area is 100 Å². The van der Waals surface area contributed by atoms with Crippen molar-refractivity contribution < 1.29 is 9.90 Å². The van der Waals surface area contributed by atoms with Crippen LogP contribution in [0.4, 0.5) is 10.7 Å². The van der Waals surface area contributed by atoms with Gasteiger partial charge >= 0.3 is 6.03 Å². The van der Waals surface area contributed by atoms with Crippen molar-refractivity contribution in [2.24, 2.45) is 5.92 Å². The minimum Gasteiger partial charge on any atom is -0.396 e. The molecule has 0 aromatic carbocycles. The minimum absolute atomic E-state index is 0.0270. The lowest BCUT2D eigenvalue weighted by Crippen LogP contribution is -2.33. The van der Waals surface area contributed by atoms with Crippen LogP contribution < -0.4 is 10.6 Å². The number of aliphatic hydroxyl groups excluding tert-OH is 1. The topological polar surface area (TPSA) is 103 Å². The molecule has 17 heavy (non-hydrogen) atoms. The molecule has 0 radical (unpaired) electrons. The van der Waals surface area contributed by atoms with E-state index < -0.39 is 0 Å². The highest BCUT2D eigenvalue weighted by atomic mass is 16.3. The molecule has 0 aliphatic heterocycles. The first-order valence-electron chi connectivity index (χ1n) is 5.61. The molecule has 1 rings (SSSR count). The van der Waals surface area contributed by atoms with Crippen molar-refractivity contribution in [2.45, 2.75) is 26.7 Å². The van der Waals surface area contributed by atoms with Gasteiger partial charge in [-0.15, -0.1) is 5.10 Å². The summed E-state index contributed by atoms with van der Waals surface area (Å²) >= 11 is 0. The molecule has 1 aromatic heterocycles. The van der Waals surface area contributed by atoms with E-state index in [1.165, 1.54) is 0 Å². The predicted octanol–water partition coefficient (Wildman–Crippen LogP) is 0.678. The van der Waals surface area contributed by atoms with E-state index in [0.717, 1.165) is 5.82 Å². The maximum atomic E-state index is 11.4. The van der Waals surface area contributed by atoms with E-state index in [1.807, 2.05) is 20.8 Å². The highest BCUT2D eigenvalue weighted by molar-refractivity contribution is 5.87. The maximum absolute atomic E-state index is 11.4. The second kappa shape index (κ2) is 6.19. The molecule has 1 atom stereocenters. The van der Waals surface area contributed by atoms with Crippen molar-refractivity contribution in [1.82, 2.24) is 20.5 Å². The Kier molecular flexibility index (Phi) is 4.89. The number of aromatic amines is 1. The van der Waals surface area contributed by atoms with Gasteiger partial charge in [0.25, 0.3) is 0 Å². The van der Waals surface area contributed by atoms with Gasteiger partial charge in [0.2, 0.25) is 5.95 Å².